The zero-order valence-electron chi connectivity index (χ0n) is 11.8. The van der Waals surface area contributed by atoms with Crippen LogP contribution >= 0.6 is 0 Å². The Morgan fingerprint density at radius 3 is 2.71 bits per heavy atom. The summed E-state index contributed by atoms with van der Waals surface area (Å²) in [5.74, 6) is 0. The summed E-state index contributed by atoms with van der Waals surface area (Å²) in [6.07, 6.45) is 4.94. The first-order valence-electron chi connectivity index (χ1n) is 6.97. The maximum Gasteiger partial charge on any atom is 0.0596 e. The Bertz CT molecular complexity index is 317. The lowest BCUT2D eigenvalue weighted by molar-refractivity contribution is 0.457. The van der Waals surface area contributed by atoms with Crippen molar-refractivity contribution >= 4 is 0 Å². The lowest BCUT2D eigenvalue weighted by Crippen LogP contribution is -2.31. The van der Waals surface area contributed by atoms with E-state index < -0.39 is 0 Å². The summed E-state index contributed by atoms with van der Waals surface area (Å²) < 4.78 is 2.13. The van der Waals surface area contributed by atoms with Gasteiger partial charge in [-0.2, -0.15) is 5.10 Å². The normalized spacial score (nSPS) is 12.9. The molecule has 1 N–H and O–H groups in total. The molecule has 0 aromatic carbocycles. The molecule has 1 aromatic rings. The number of likely N-dealkylation sites (N-methyl/N-ethyl adjacent to an activating group) is 1. The Morgan fingerprint density at radius 1 is 1.35 bits per heavy atom. The predicted molar refractivity (Wildman–Crippen MR) is 73.3 cm³/mol. The van der Waals surface area contributed by atoms with E-state index in [1.54, 1.807) is 0 Å². The predicted octanol–water partition coefficient (Wildman–Crippen LogP) is 2.92. The first-order chi connectivity index (χ1) is 8.21. The molecule has 1 unspecified atom stereocenters. The molecule has 0 amide bonds. The summed E-state index contributed by atoms with van der Waals surface area (Å²) in [6.45, 7) is 10.7. The Balaban J connectivity index is 2.63. The standard InChI is InChI=1S/C14H27N3/c1-5-8-9-13(15-6-2)11-14-10-12(4)16-17(14)7-3/h10,13,15H,5-9,11H2,1-4H3. The van der Waals surface area contributed by atoms with Crippen LogP contribution in [0.1, 0.15) is 51.4 Å². The summed E-state index contributed by atoms with van der Waals surface area (Å²) in [5, 5.41) is 8.10. The molecule has 0 aliphatic rings. The molecule has 0 saturated carbocycles. The third-order valence-corrected chi connectivity index (χ3v) is 3.14. The molecule has 0 fully saturated rings. The average molecular weight is 237 g/mol. The molecule has 1 rings (SSSR count). The first-order valence-corrected chi connectivity index (χ1v) is 6.97. The average Bonchev–Trinajstić information content (AvgIpc) is 2.66. The number of aryl methyl sites for hydroxylation is 2. The lowest BCUT2D eigenvalue weighted by Gasteiger charge is -2.18. The molecule has 1 aromatic heterocycles. The number of unbranched alkanes of at least 4 members (excludes halogenated alkanes) is 1. The van der Waals surface area contributed by atoms with E-state index in [2.05, 4.69) is 48.9 Å². The molecule has 17 heavy (non-hydrogen) atoms. The van der Waals surface area contributed by atoms with Crippen molar-refractivity contribution in [2.45, 2.75) is 66.0 Å². The highest BCUT2D eigenvalue weighted by Crippen LogP contribution is 2.11. The van der Waals surface area contributed by atoms with Crippen molar-refractivity contribution in [2.24, 2.45) is 0 Å². The van der Waals surface area contributed by atoms with Crippen LogP contribution < -0.4 is 5.32 Å². The van der Waals surface area contributed by atoms with Crippen molar-refractivity contribution in [1.82, 2.24) is 15.1 Å². The van der Waals surface area contributed by atoms with E-state index in [4.69, 9.17) is 0 Å². The zero-order chi connectivity index (χ0) is 12.7. The number of hydrogen-bond acceptors (Lipinski definition) is 2. The highest BCUT2D eigenvalue weighted by Gasteiger charge is 2.11. The van der Waals surface area contributed by atoms with Crippen molar-refractivity contribution < 1.29 is 0 Å². The smallest absolute Gasteiger partial charge is 0.0596 e. The minimum Gasteiger partial charge on any atom is -0.314 e. The van der Waals surface area contributed by atoms with Crippen LogP contribution in [0.4, 0.5) is 0 Å². The van der Waals surface area contributed by atoms with Gasteiger partial charge in [0.05, 0.1) is 5.69 Å². The van der Waals surface area contributed by atoms with E-state index in [0.717, 1.165) is 25.2 Å². The second-order valence-electron chi connectivity index (χ2n) is 4.69. The summed E-state index contributed by atoms with van der Waals surface area (Å²) in [6, 6.07) is 2.82. The molecule has 3 nitrogen and oxygen atoms in total. The number of hydrogen-bond donors (Lipinski definition) is 1. The fourth-order valence-electron chi connectivity index (χ4n) is 2.31. The van der Waals surface area contributed by atoms with Gasteiger partial charge in [0.15, 0.2) is 0 Å². The van der Waals surface area contributed by atoms with Gasteiger partial charge in [-0.15, -0.1) is 0 Å². The molecule has 0 aliphatic heterocycles. The second-order valence-corrected chi connectivity index (χ2v) is 4.69. The van der Waals surface area contributed by atoms with Crippen LogP contribution in [0.3, 0.4) is 0 Å². The van der Waals surface area contributed by atoms with Gasteiger partial charge in [-0.1, -0.05) is 26.7 Å². The molecule has 0 bridgehead atoms. The number of rotatable bonds is 8. The van der Waals surface area contributed by atoms with Crippen molar-refractivity contribution in [3.8, 4) is 0 Å². The minimum absolute atomic E-state index is 0.598. The third kappa shape index (κ3) is 4.50. The number of nitrogens with zero attached hydrogens (tertiary/aromatic N) is 2. The second kappa shape index (κ2) is 7.49. The molecule has 0 spiro atoms. The van der Waals surface area contributed by atoms with Gasteiger partial charge < -0.3 is 5.32 Å². The van der Waals surface area contributed by atoms with Gasteiger partial charge in [-0.3, -0.25) is 4.68 Å². The third-order valence-electron chi connectivity index (χ3n) is 3.14. The summed E-state index contributed by atoms with van der Waals surface area (Å²) in [4.78, 5) is 0. The van der Waals surface area contributed by atoms with Gasteiger partial charge in [0.2, 0.25) is 0 Å². The van der Waals surface area contributed by atoms with Gasteiger partial charge >= 0.3 is 0 Å². The summed E-state index contributed by atoms with van der Waals surface area (Å²) in [5.41, 5.74) is 2.50. The van der Waals surface area contributed by atoms with Crippen molar-refractivity contribution in [2.75, 3.05) is 6.54 Å². The van der Waals surface area contributed by atoms with Crippen molar-refractivity contribution in [1.29, 1.82) is 0 Å². The van der Waals surface area contributed by atoms with Gasteiger partial charge in [-0.25, -0.2) is 0 Å². The van der Waals surface area contributed by atoms with Crippen LogP contribution in [-0.4, -0.2) is 22.4 Å². The van der Waals surface area contributed by atoms with E-state index in [1.807, 2.05) is 0 Å². The maximum absolute atomic E-state index is 4.51. The van der Waals surface area contributed by atoms with Crippen molar-refractivity contribution in [3.05, 3.63) is 17.5 Å². The highest BCUT2D eigenvalue weighted by molar-refractivity contribution is 5.10. The van der Waals surface area contributed by atoms with Gasteiger partial charge in [-0.05, 0) is 32.9 Å². The van der Waals surface area contributed by atoms with E-state index in [9.17, 15) is 0 Å². The molecule has 3 heteroatoms. The number of nitrogens with one attached hydrogen (secondary N) is 1. The largest absolute Gasteiger partial charge is 0.314 e. The Kier molecular flexibility index (Phi) is 6.27. The summed E-state index contributed by atoms with van der Waals surface area (Å²) in [7, 11) is 0. The van der Waals surface area contributed by atoms with Crippen LogP contribution in [0, 0.1) is 6.92 Å². The van der Waals surface area contributed by atoms with Gasteiger partial charge in [0.25, 0.3) is 0 Å². The summed E-state index contributed by atoms with van der Waals surface area (Å²) >= 11 is 0. The van der Waals surface area contributed by atoms with Crippen LogP contribution in [0.15, 0.2) is 6.07 Å². The fraction of sp³-hybridized carbons (Fsp3) is 0.786. The molecule has 0 saturated heterocycles. The maximum atomic E-state index is 4.51. The molecule has 0 radical (unpaired) electrons. The van der Waals surface area contributed by atoms with E-state index in [-0.39, 0.29) is 0 Å². The monoisotopic (exact) mass is 237 g/mol. The molecular weight excluding hydrogens is 210 g/mol. The number of aromatic nitrogens is 2. The molecule has 1 heterocycles. The topological polar surface area (TPSA) is 29.9 Å². The molecular formula is C14H27N3. The molecule has 98 valence electrons. The zero-order valence-corrected chi connectivity index (χ0v) is 11.8. The van der Waals surface area contributed by atoms with Crippen LogP contribution in [-0.2, 0) is 13.0 Å². The molecule has 1 atom stereocenters. The Hall–Kier alpha value is -0.830. The Morgan fingerprint density at radius 2 is 2.12 bits per heavy atom. The lowest BCUT2D eigenvalue weighted by atomic mass is 10.0. The van der Waals surface area contributed by atoms with Crippen LogP contribution in [0.2, 0.25) is 0 Å². The Labute approximate surface area is 106 Å². The van der Waals surface area contributed by atoms with Gasteiger partial charge in [0.1, 0.15) is 0 Å². The van der Waals surface area contributed by atoms with Crippen molar-refractivity contribution in [3.63, 3.8) is 0 Å². The fourth-order valence-corrected chi connectivity index (χ4v) is 2.31. The van der Waals surface area contributed by atoms with Crippen LogP contribution in [0.25, 0.3) is 0 Å². The first kappa shape index (κ1) is 14.2. The SMILES string of the molecule is CCCCC(Cc1cc(C)nn1CC)NCC. The minimum atomic E-state index is 0.598. The quantitative estimate of drug-likeness (QED) is 0.753. The van der Waals surface area contributed by atoms with E-state index in [1.165, 1.54) is 25.0 Å². The molecule has 0 aliphatic carbocycles. The highest BCUT2D eigenvalue weighted by atomic mass is 15.3. The van der Waals surface area contributed by atoms with Gasteiger partial charge in [0, 0.05) is 24.7 Å². The van der Waals surface area contributed by atoms with Crippen LogP contribution in [0.5, 0.6) is 0 Å². The van der Waals surface area contributed by atoms with E-state index >= 15 is 0 Å². The van der Waals surface area contributed by atoms with E-state index in [0.29, 0.717) is 6.04 Å².